The van der Waals surface area contributed by atoms with E-state index in [2.05, 4.69) is 19.2 Å². The van der Waals surface area contributed by atoms with Crippen LogP contribution in [-0.4, -0.2) is 38.5 Å². The second-order valence-corrected chi connectivity index (χ2v) is 6.05. The van der Waals surface area contributed by atoms with E-state index in [1.165, 1.54) is 38.5 Å². The van der Waals surface area contributed by atoms with Gasteiger partial charge in [0.15, 0.2) is 0 Å². The maximum Gasteiger partial charge on any atom is 0.0661 e. The highest BCUT2D eigenvalue weighted by Crippen LogP contribution is 2.53. The quantitative estimate of drug-likeness (QED) is 0.791. The van der Waals surface area contributed by atoms with Crippen LogP contribution in [0.2, 0.25) is 0 Å². The van der Waals surface area contributed by atoms with E-state index in [0.717, 1.165) is 13.2 Å². The summed E-state index contributed by atoms with van der Waals surface area (Å²) < 4.78 is 11.2. The topological polar surface area (TPSA) is 30.5 Å². The minimum atomic E-state index is 0.427. The van der Waals surface area contributed by atoms with Crippen molar-refractivity contribution in [1.82, 2.24) is 5.32 Å². The largest absolute Gasteiger partial charge is 0.383 e. The van der Waals surface area contributed by atoms with E-state index in [1.54, 1.807) is 7.11 Å². The van der Waals surface area contributed by atoms with Crippen molar-refractivity contribution in [3.63, 3.8) is 0 Å². The summed E-state index contributed by atoms with van der Waals surface area (Å²) in [6.45, 7) is 5.98. The lowest BCUT2D eigenvalue weighted by Gasteiger charge is -2.58. The van der Waals surface area contributed by atoms with Gasteiger partial charge in [-0.2, -0.15) is 0 Å². The normalized spacial score (nSPS) is 32.2. The maximum atomic E-state index is 5.97. The van der Waals surface area contributed by atoms with E-state index in [9.17, 15) is 0 Å². The van der Waals surface area contributed by atoms with Crippen LogP contribution >= 0.6 is 0 Å². The Labute approximate surface area is 112 Å². The SMILES string of the molecule is CCOC1CC(NC(C)COC)C12CCCCC2. The molecule has 2 rings (SSSR count). The number of hydrogen-bond acceptors (Lipinski definition) is 3. The number of hydrogen-bond donors (Lipinski definition) is 1. The molecule has 0 radical (unpaired) electrons. The molecular formula is C15H29NO2. The van der Waals surface area contributed by atoms with Crippen molar-refractivity contribution in [2.24, 2.45) is 5.41 Å². The first-order valence-electron chi connectivity index (χ1n) is 7.59. The Hall–Kier alpha value is -0.120. The summed E-state index contributed by atoms with van der Waals surface area (Å²) in [7, 11) is 1.78. The number of rotatable bonds is 6. The molecule has 0 bridgehead atoms. The van der Waals surface area contributed by atoms with E-state index in [-0.39, 0.29) is 0 Å². The highest BCUT2D eigenvalue weighted by Gasteiger charge is 2.55. The zero-order valence-corrected chi connectivity index (χ0v) is 12.2. The van der Waals surface area contributed by atoms with Gasteiger partial charge in [-0.25, -0.2) is 0 Å². The average molecular weight is 255 g/mol. The summed E-state index contributed by atoms with van der Waals surface area (Å²) in [5.41, 5.74) is 0.427. The molecule has 3 unspecified atom stereocenters. The van der Waals surface area contributed by atoms with Gasteiger partial charge in [-0.1, -0.05) is 19.3 Å². The fourth-order valence-electron chi connectivity index (χ4n) is 3.94. The lowest BCUT2D eigenvalue weighted by molar-refractivity contribution is -0.152. The molecule has 2 aliphatic carbocycles. The summed E-state index contributed by atoms with van der Waals surface area (Å²) >= 11 is 0. The highest BCUT2D eigenvalue weighted by molar-refractivity contribution is 5.09. The van der Waals surface area contributed by atoms with Crippen molar-refractivity contribution in [3.8, 4) is 0 Å². The van der Waals surface area contributed by atoms with Gasteiger partial charge in [0.1, 0.15) is 0 Å². The van der Waals surface area contributed by atoms with E-state index >= 15 is 0 Å². The van der Waals surface area contributed by atoms with E-state index < -0.39 is 0 Å². The van der Waals surface area contributed by atoms with Gasteiger partial charge >= 0.3 is 0 Å². The zero-order valence-electron chi connectivity index (χ0n) is 12.2. The predicted molar refractivity (Wildman–Crippen MR) is 73.8 cm³/mol. The molecule has 0 amide bonds. The van der Waals surface area contributed by atoms with Crippen molar-refractivity contribution >= 4 is 0 Å². The molecule has 0 aromatic carbocycles. The summed E-state index contributed by atoms with van der Waals surface area (Å²) in [6, 6.07) is 1.08. The number of methoxy groups -OCH3 is 1. The van der Waals surface area contributed by atoms with Crippen LogP contribution in [0.25, 0.3) is 0 Å². The third-order valence-electron chi connectivity index (χ3n) is 4.84. The molecule has 1 N–H and O–H groups in total. The second kappa shape index (κ2) is 6.36. The van der Waals surface area contributed by atoms with Crippen LogP contribution in [-0.2, 0) is 9.47 Å². The molecule has 3 atom stereocenters. The molecule has 2 fully saturated rings. The van der Waals surface area contributed by atoms with Crippen LogP contribution in [0.3, 0.4) is 0 Å². The molecule has 106 valence electrons. The third kappa shape index (κ3) is 2.73. The third-order valence-corrected chi connectivity index (χ3v) is 4.84. The van der Waals surface area contributed by atoms with Gasteiger partial charge in [0.2, 0.25) is 0 Å². The van der Waals surface area contributed by atoms with Gasteiger partial charge in [0, 0.05) is 31.2 Å². The van der Waals surface area contributed by atoms with Crippen molar-refractivity contribution in [1.29, 1.82) is 0 Å². The Morgan fingerprint density at radius 2 is 2.00 bits per heavy atom. The molecule has 1 spiro atoms. The summed E-state index contributed by atoms with van der Waals surface area (Å²) in [5.74, 6) is 0. The monoisotopic (exact) mass is 255 g/mol. The van der Waals surface area contributed by atoms with Crippen LogP contribution in [0.5, 0.6) is 0 Å². The minimum Gasteiger partial charge on any atom is -0.383 e. The number of nitrogens with one attached hydrogen (secondary N) is 1. The lowest BCUT2D eigenvalue weighted by Crippen LogP contribution is -2.66. The first-order chi connectivity index (χ1) is 8.73. The van der Waals surface area contributed by atoms with Crippen LogP contribution in [0.1, 0.15) is 52.4 Å². The molecule has 3 nitrogen and oxygen atoms in total. The van der Waals surface area contributed by atoms with Crippen molar-refractivity contribution < 1.29 is 9.47 Å². The van der Waals surface area contributed by atoms with E-state index in [1.807, 2.05) is 0 Å². The summed E-state index contributed by atoms with van der Waals surface area (Å²) in [6.07, 6.45) is 8.52. The molecule has 18 heavy (non-hydrogen) atoms. The molecule has 0 aromatic rings. The summed E-state index contributed by atoms with van der Waals surface area (Å²) in [5, 5.41) is 3.76. The van der Waals surface area contributed by atoms with Gasteiger partial charge in [-0.15, -0.1) is 0 Å². The lowest BCUT2D eigenvalue weighted by atomic mass is 9.55. The standard InChI is InChI=1S/C15H29NO2/c1-4-18-14-10-13(16-12(2)11-17-3)15(14)8-6-5-7-9-15/h12-14,16H,4-11H2,1-3H3. The van der Waals surface area contributed by atoms with Gasteiger partial charge in [0.05, 0.1) is 12.7 Å². The van der Waals surface area contributed by atoms with Gasteiger partial charge in [0.25, 0.3) is 0 Å². The van der Waals surface area contributed by atoms with Crippen LogP contribution in [0.15, 0.2) is 0 Å². The van der Waals surface area contributed by atoms with Crippen molar-refractivity contribution in [2.75, 3.05) is 20.3 Å². The maximum absolute atomic E-state index is 5.97. The fraction of sp³-hybridized carbons (Fsp3) is 1.00. The fourth-order valence-corrected chi connectivity index (χ4v) is 3.94. The molecule has 0 saturated heterocycles. The Kier molecular flexibility index (Phi) is 5.05. The van der Waals surface area contributed by atoms with Crippen molar-refractivity contribution in [3.05, 3.63) is 0 Å². The molecule has 0 heterocycles. The van der Waals surface area contributed by atoms with Gasteiger partial charge in [-0.3, -0.25) is 0 Å². The molecule has 0 aromatic heterocycles. The number of ether oxygens (including phenoxy) is 2. The van der Waals surface area contributed by atoms with E-state index in [4.69, 9.17) is 9.47 Å². The predicted octanol–water partition coefficient (Wildman–Crippen LogP) is 2.74. The summed E-state index contributed by atoms with van der Waals surface area (Å²) in [4.78, 5) is 0. The smallest absolute Gasteiger partial charge is 0.0661 e. The Bertz CT molecular complexity index is 251. The molecule has 2 saturated carbocycles. The highest BCUT2D eigenvalue weighted by atomic mass is 16.5. The van der Waals surface area contributed by atoms with Gasteiger partial charge in [-0.05, 0) is 33.1 Å². The van der Waals surface area contributed by atoms with E-state index in [0.29, 0.717) is 23.6 Å². The van der Waals surface area contributed by atoms with Crippen LogP contribution in [0.4, 0.5) is 0 Å². The molecule has 0 aliphatic heterocycles. The van der Waals surface area contributed by atoms with Crippen LogP contribution in [0, 0.1) is 5.41 Å². The molecular weight excluding hydrogens is 226 g/mol. The first-order valence-corrected chi connectivity index (χ1v) is 7.59. The Balaban J connectivity index is 1.94. The Morgan fingerprint density at radius 3 is 2.61 bits per heavy atom. The average Bonchev–Trinajstić information content (AvgIpc) is 2.39. The van der Waals surface area contributed by atoms with Crippen molar-refractivity contribution in [2.45, 2.75) is 70.6 Å². The molecule has 2 aliphatic rings. The Morgan fingerprint density at radius 1 is 1.28 bits per heavy atom. The minimum absolute atomic E-state index is 0.427. The van der Waals surface area contributed by atoms with Gasteiger partial charge < -0.3 is 14.8 Å². The molecule has 3 heteroatoms. The van der Waals surface area contributed by atoms with Crippen LogP contribution < -0.4 is 5.32 Å². The first kappa shape index (κ1) is 14.3. The zero-order chi connectivity index (χ0) is 13.0. The second-order valence-electron chi connectivity index (χ2n) is 6.05.